The van der Waals surface area contributed by atoms with Crippen LogP contribution in [0.5, 0.6) is 5.75 Å². The minimum absolute atomic E-state index is 0.0239. The Morgan fingerprint density at radius 1 is 1.20 bits per heavy atom. The van der Waals surface area contributed by atoms with E-state index in [-0.39, 0.29) is 19.7 Å². The maximum absolute atomic E-state index is 12.8. The molecule has 0 bridgehead atoms. The average Bonchev–Trinajstić information content (AvgIpc) is 2.71. The van der Waals surface area contributed by atoms with Gasteiger partial charge in [-0.3, -0.25) is 9.69 Å². The van der Waals surface area contributed by atoms with Crippen molar-refractivity contribution >= 4 is 17.9 Å². The summed E-state index contributed by atoms with van der Waals surface area (Å²) in [5, 5.41) is 5.51. The monoisotopic (exact) mass is 418 g/mol. The number of hydrogen-bond acceptors (Lipinski definition) is 6. The van der Waals surface area contributed by atoms with Crippen LogP contribution >= 0.6 is 0 Å². The summed E-state index contributed by atoms with van der Waals surface area (Å²) in [7, 11) is 1.56. The summed E-state index contributed by atoms with van der Waals surface area (Å²) >= 11 is 0. The minimum atomic E-state index is -0.694. The number of hydrogen-bond donors (Lipinski definition) is 3. The van der Waals surface area contributed by atoms with Crippen LogP contribution < -0.4 is 21.1 Å². The molecule has 0 aromatic heterocycles. The van der Waals surface area contributed by atoms with Crippen LogP contribution in [0, 0.1) is 0 Å². The third-order valence-corrected chi connectivity index (χ3v) is 4.69. The molecule has 2 rings (SSSR count). The maximum atomic E-state index is 12.8. The highest BCUT2D eigenvalue weighted by Crippen LogP contribution is 2.29. The fraction of sp³-hybridized carbons (Fsp3) is 0.476. The van der Waals surface area contributed by atoms with Crippen molar-refractivity contribution in [2.45, 2.75) is 32.7 Å². The predicted octanol–water partition coefficient (Wildman–Crippen LogP) is 1.45. The zero-order valence-corrected chi connectivity index (χ0v) is 17.7. The first-order valence-corrected chi connectivity index (χ1v) is 10.0. The summed E-state index contributed by atoms with van der Waals surface area (Å²) in [4.78, 5) is 38.5. The largest absolute Gasteiger partial charge is 0.497 e. The molecular formula is C21H30N4O5. The quantitative estimate of drug-likeness (QED) is 0.468. The zero-order chi connectivity index (χ0) is 22.1. The van der Waals surface area contributed by atoms with Gasteiger partial charge in [-0.05, 0) is 37.6 Å². The Kier molecular flexibility index (Phi) is 8.67. The molecule has 4 N–H and O–H groups in total. The second-order valence-electron chi connectivity index (χ2n) is 6.95. The lowest BCUT2D eigenvalue weighted by Crippen LogP contribution is -2.49. The molecular weight excluding hydrogens is 388 g/mol. The Balaban J connectivity index is 2.45. The Labute approximate surface area is 176 Å². The summed E-state index contributed by atoms with van der Waals surface area (Å²) in [6, 6.07) is 5.95. The number of primary amides is 1. The summed E-state index contributed by atoms with van der Waals surface area (Å²) < 4.78 is 10.4. The molecule has 1 heterocycles. The van der Waals surface area contributed by atoms with E-state index in [9.17, 15) is 14.4 Å². The van der Waals surface area contributed by atoms with Gasteiger partial charge >= 0.3 is 12.0 Å². The van der Waals surface area contributed by atoms with Crippen molar-refractivity contribution in [2.75, 3.05) is 33.4 Å². The minimum Gasteiger partial charge on any atom is -0.497 e. The molecule has 1 aliphatic rings. The van der Waals surface area contributed by atoms with Gasteiger partial charge in [-0.1, -0.05) is 25.5 Å². The highest BCUT2D eigenvalue weighted by Gasteiger charge is 2.34. The van der Waals surface area contributed by atoms with Crippen molar-refractivity contribution in [2.24, 2.45) is 5.73 Å². The van der Waals surface area contributed by atoms with Crippen LogP contribution in [0.15, 0.2) is 35.5 Å². The molecule has 0 saturated carbocycles. The van der Waals surface area contributed by atoms with E-state index in [1.807, 2.05) is 11.8 Å². The highest BCUT2D eigenvalue weighted by molar-refractivity contribution is 5.95. The summed E-state index contributed by atoms with van der Waals surface area (Å²) in [6.07, 6.45) is 1.78. The first kappa shape index (κ1) is 23.2. The summed E-state index contributed by atoms with van der Waals surface area (Å²) in [5.74, 6) is -0.347. The molecule has 30 heavy (non-hydrogen) atoms. The molecule has 0 radical (unpaired) electrons. The van der Waals surface area contributed by atoms with Crippen molar-refractivity contribution in [1.82, 2.24) is 15.5 Å². The standard InChI is InChI=1S/C21H30N4O5/c1-4-6-11-25(13-17(22)26)12-16-18(20(27)30-5-2)19(24-21(28)23-16)14-7-9-15(29-3)10-8-14/h7-10,19H,4-6,11-13H2,1-3H3,(H2,22,26)(H2,23,24,28). The lowest BCUT2D eigenvalue weighted by molar-refractivity contribution is -0.139. The number of ether oxygens (including phenoxy) is 2. The highest BCUT2D eigenvalue weighted by atomic mass is 16.5. The molecule has 3 amide bonds. The van der Waals surface area contributed by atoms with Crippen molar-refractivity contribution in [3.05, 3.63) is 41.1 Å². The molecule has 1 unspecified atom stereocenters. The molecule has 0 aliphatic carbocycles. The van der Waals surface area contributed by atoms with Crippen LogP contribution in [0.4, 0.5) is 4.79 Å². The molecule has 9 heteroatoms. The van der Waals surface area contributed by atoms with Gasteiger partial charge in [0.15, 0.2) is 0 Å². The number of unbranched alkanes of at least 4 members (excludes halogenated alkanes) is 1. The summed E-state index contributed by atoms with van der Waals surface area (Å²) in [6.45, 7) is 4.77. The molecule has 1 aliphatic heterocycles. The number of esters is 1. The van der Waals surface area contributed by atoms with Crippen LogP contribution in [-0.2, 0) is 14.3 Å². The Bertz CT molecular complexity index is 791. The van der Waals surface area contributed by atoms with Crippen LogP contribution in [0.1, 0.15) is 38.3 Å². The molecule has 0 spiro atoms. The van der Waals surface area contributed by atoms with Gasteiger partial charge < -0.3 is 25.8 Å². The SMILES string of the molecule is CCCCN(CC(N)=O)CC1=C(C(=O)OCC)C(c2ccc(OC)cc2)NC(=O)N1. The molecule has 164 valence electrons. The van der Waals surface area contributed by atoms with Crippen LogP contribution in [0.25, 0.3) is 0 Å². The second kappa shape index (κ2) is 11.2. The molecule has 9 nitrogen and oxygen atoms in total. The normalized spacial score (nSPS) is 16.1. The fourth-order valence-electron chi connectivity index (χ4n) is 3.28. The van der Waals surface area contributed by atoms with Gasteiger partial charge in [0.25, 0.3) is 0 Å². The number of carbonyl (C=O) groups is 3. The Morgan fingerprint density at radius 3 is 2.47 bits per heavy atom. The van der Waals surface area contributed by atoms with E-state index >= 15 is 0 Å². The van der Waals surface area contributed by atoms with Crippen LogP contribution in [0.2, 0.25) is 0 Å². The lowest BCUT2D eigenvalue weighted by atomic mass is 9.95. The molecule has 0 saturated heterocycles. The van der Waals surface area contributed by atoms with Crippen molar-refractivity contribution in [1.29, 1.82) is 0 Å². The second-order valence-corrected chi connectivity index (χ2v) is 6.95. The number of methoxy groups -OCH3 is 1. The van der Waals surface area contributed by atoms with Crippen LogP contribution in [-0.4, -0.2) is 56.2 Å². The first-order valence-electron chi connectivity index (χ1n) is 10.0. The van der Waals surface area contributed by atoms with Gasteiger partial charge in [-0.25, -0.2) is 9.59 Å². The topological polar surface area (TPSA) is 123 Å². The predicted molar refractivity (Wildman–Crippen MR) is 112 cm³/mol. The Morgan fingerprint density at radius 2 is 1.90 bits per heavy atom. The molecule has 0 fully saturated rings. The van der Waals surface area contributed by atoms with Crippen molar-refractivity contribution < 1.29 is 23.9 Å². The molecule has 1 aromatic rings. The number of carbonyl (C=O) groups excluding carboxylic acids is 3. The number of nitrogens with two attached hydrogens (primary N) is 1. The molecule has 1 atom stereocenters. The van der Waals surface area contributed by atoms with Gasteiger partial charge in [0.05, 0.1) is 31.9 Å². The van der Waals surface area contributed by atoms with Gasteiger partial charge in [0.1, 0.15) is 5.75 Å². The van der Waals surface area contributed by atoms with Crippen LogP contribution in [0.3, 0.4) is 0 Å². The lowest BCUT2D eigenvalue weighted by Gasteiger charge is -2.32. The third-order valence-electron chi connectivity index (χ3n) is 4.69. The maximum Gasteiger partial charge on any atom is 0.338 e. The van der Waals surface area contributed by atoms with E-state index in [1.165, 1.54) is 0 Å². The van der Waals surface area contributed by atoms with Gasteiger partial charge in [0.2, 0.25) is 5.91 Å². The Hall–Kier alpha value is -3.07. The number of amides is 3. The zero-order valence-electron chi connectivity index (χ0n) is 17.7. The van der Waals surface area contributed by atoms with Gasteiger partial charge in [0, 0.05) is 12.2 Å². The van der Waals surface area contributed by atoms with Crippen molar-refractivity contribution in [3.63, 3.8) is 0 Å². The third kappa shape index (κ3) is 6.21. The number of urea groups is 1. The first-order chi connectivity index (χ1) is 14.4. The number of benzene rings is 1. The smallest absolute Gasteiger partial charge is 0.338 e. The van der Waals surface area contributed by atoms with E-state index in [4.69, 9.17) is 15.2 Å². The van der Waals surface area contributed by atoms with Gasteiger partial charge in [-0.2, -0.15) is 0 Å². The van der Waals surface area contributed by atoms with E-state index in [0.717, 1.165) is 12.8 Å². The van der Waals surface area contributed by atoms with Gasteiger partial charge in [-0.15, -0.1) is 0 Å². The number of rotatable bonds is 11. The fourth-order valence-corrected chi connectivity index (χ4v) is 3.28. The average molecular weight is 418 g/mol. The van der Waals surface area contributed by atoms with E-state index in [2.05, 4.69) is 10.6 Å². The van der Waals surface area contributed by atoms with E-state index in [0.29, 0.717) is 29.1 Å². The van der Waals surface area contributed by atoms with Crippen molar-refractivity contribution in [3.8, 4) is 5.75 Å². The number of nitrogens with one attached hydrogen (secondary N) is 2. The number of nitrogens with zero attached hydrogens (tertiary/aromatic N) is 1. The molecule has 1 aromatic carbocycles. The van der Waals surface area contributed by atoms with E-state index in [1.54, 1.807) is 38.3 Å². The summed E-state index contributed by atoms with van der Waals surface area (Å²) in [5.41, 5.74) is 6.79. The van der Waals surface area contributed by atoms with E-state index < -0.39 is 23.9 Å².